The van der Waals surface area contributed by atoms with Crippen LogP contribution in [0.2, 0.25) is 0 Å². The van der Waals surface area contributed by atoms with Crippen molar-refractivity contribution in [3.05, 3.63) is 29.8 Å². The molecule has 1 aromatic rings. The Morgan fingerprint density at radius 1 is 1.50 bits per heavy atom. The van der Waals surface area contributed by atoms with Crippen LogP contribution in [-0.2, 0) is 4.79 Å². The van der Waals surface area contributed by atoms with Crippen LogP contribution in [-0.4, -0.2) is 30.7 Å². The van der Waals surface area contributed by atoms with E-state index in [-0.39, 0.29) is 12.5 Å². The predicted octanol–water partition coefficient (Wildman–Crippen LogP) is 1.22. The van der Waals surface area contributed by atoms with E-state index >= 15 is 0 Å². The number of methoxy groups -OCH3 is 1. The molecule has 0 aliphatic carbocycles. The molecule has 1 rings (SSSR count). The molecular weight excluding hydrogens is 256 g/mol. The Morgan fingerprint density at radius 3 is 2.75 bits per heavy atom. The molecule has 5 nitrogen and oxygen atoms in total. The number of carbonyl (C=O) groups excluding carboxylic acids is 1. The maximum Gasteiger partial charge on any atom is 0.234 e. The molecule has 0 fully saturated rings. The molecular formula is C15H24N2O3. The Bertz CT molecular complexity index is 437. The van der Waals surface area contributed by atoms with E-state index in [9.17, 15) is 9.90 Å². The molecule has 0 aliphatic heterocycles. The number of ether oxygens (including phenoxy) is 1. The summed E-state index contributed by atoms with van der Waals surface area (Å²) in [5.41, 5.74) is 6.12. The van der Waals surface area contributed by atoms with E-state index in [0.29, 0.717) is 5.75 Å². The molecule has 0 saturated carbocycles. The summed E-state index contributed by atoms with van der Waals surface area (Å²) in [6, 6.07) is 6.79. The van der Waals surface area contributed by atoms with Crippen molar-refractivity contribution in [2.75, 3.05) is 13.7 Å². The highest BCUT2D eigenvalue weighted by Crippen LogP contribution is 2.19. The number of nitrogens with two attached hydrogens (primary N) is 1. The Kier molecular flexibility index (Phi) is 6.48. The highest BCUT2D eigenvalue weighted by molar-refractivity contribution is 5.80. The fourth-order valence-electron chi connectivity index (χ4n) is 2.02. The summed E-state index contributed by atoms with van der Waals surface area (Å²) in [6.07, 6.45) is 0.131. The zero-order valence-corrected chi connectivity index (χ0v) is 12.3. The van der Waals surface area contributed by atoms with Gasteiger partial charge in [0.15, 0.2) is 0 Å². The summed E-state index contributed by atoms with van der Waals surface area (Å²) in [6.45, 7) is 4.23. The topological polar surface area (TPSA) is 84.6 Å². The van der Waals surface area contributed by atoms with E-state index < -0.39 is 18.1 Å². The van der Waals surface area contributed by atoms with E-state index in [2.05, 4.69) is 5.32 Å². The summed E-state index contributed by atoms with van der Waals surface area (Å²) in [5, 5.41) is 13.2. The Morgan fingerprint density at radius 2 is 2.20 bits per heavy atom. The highest BCUT2D eigenvalue weighted by atomic mass is 16.5. The number of primary amides is 1. The van der Waals surface area contributed by atoms with E-state index in [1.807, 2.05) is 32.0 Å². The van der Waals surface area contributed by atoms with Gasteiger partial charge in [-0.1, -0.05) is 32.4 Å². The molecule has 1 amide bonds. The number of hydrogen-bond donors (Lipinski definition) is 3. The van der Waals surface area contributed by atoms with Gasteiger partial charge in [-0.15, -0.1) is 0 Å². The molecule has 3 atom stereocenters. The molecule has 0 bridgehead atoms. The summed E-state index contributed by atoms with van der Waals surface area (Å²) in [5.74, 6) is 0.428. The molecule has 0 spiro atoms. The number of aliphatic hydroxyl groups is 1. The molecule has 0 radical (unpaired) electrons. The average molecular weight is 280 g/mol. The molecule has 3 unspecified atom stereocenters. The van der Waals surface area contributed by atoms with E-state index in [1.165, 1.54) is 0 Å². The van der Waals surface area contributed by atoms with Crippen molar-refractivity contribution in [1.29, 1.82) is 0 Å². The smallest absolute Gasteiger partial charge is 0.234 e. The van der Waals surface area contributed by atoms with Gasteiger partial charge in [0, 0.05) is 6.54 Å². The maximum atomic E-state index is 11.4. The Hall–Kier alpha value is -1.59. The van der Waals surface area contributed by atoms with Crippen LogP contribution in [0.3, 0.4) is 0 Å². The lowest BCUT2D eigenvalue weighted by Gasteiger charge is -2.23. The van der Waals surface area contributed by atoms with Gasteiger partial charge in [0.2, 0.25) is 5.91 Å². The van der Waals surface area contributed by atoms with Crippen LogP contribution >= 0.6 is 0 Å². The van der Waals surface area contributed by atoms with Crippen molar-refractivity contribution in [3.8, 4) is 5.75 Å². The Balaban J connectivity index is 2.65. The third-order valence-electron chi connectivity index (χ3n) is 3.53. The first-order chi connectivity index (χ1) is 9.49. The number of hydrogen-bond acceptors (Lipinski definition) is 4. The molecule has 0 aromatic heterocycles. The van der Waals surface area contributed by atoms with Crippen molar-refractivity contribution in [3.63, 3.8) is 0 Å². The lowest BCUT2D eigenvalue weighted by Crippen LogP contribution is -2.47. The average Bonchev–Trinajstić information content (AvgIpc) is 2.46. The van der Waals surface area contributed by atoms with E-state index in [1.54, 1.807) is 13.2 Å². The fraction of sp³-hybridized carbons (Fsp3) is 0.533. The van der Waals surface area contributed by atoms with Gasteiger partial charge in [-0.3, -0.25) is 4.79 Å². The van der Waals surface area contributed by atoms with Crippen LogP contribution in [0.1, 0.15) is 31.9 Å². The van der Waals surface area contributed by atoms with Crippen LogP contribution in [0.5, 0.6) is 5.75 Å². The molecule has 5 heteroatoms. The summed E-state index contributed by atoms with van der Waals surface area (Å²) >= 11 is 0. The lowest BCUT2D eigenvalue weighted by atomic mass is 9.98. The minimum Gasteiger partial charge on any atom is -0.497 e. The van der Waals surface area contributed by atoms with Gasteiger partial charge in [0.05, 0.1) is 19.3 Å². The summed E-state index contributed by atoms with van der Waals surface area (Å²) < 4.78 is 5.12. The van der Waals surface area contributed by atoms with Gasteiger partial charge in [0.25, 0.3) is 0 Å². The quantitative estimate of drug-likeness (QED) is 0.668. The minimum absolute atomic E-state index is 0.130. The van der Waals surface area contributed by atoms with Crippen molar-refractivity contribution in [1.82, 2.24) is 5.32 Å². The first-order valence-corrected chi connectivity index (χ1v) is 6.84. The Labute approximate surface area is 120 Å². The predicted molar refractivity (Wildman–Crippen MR) is 78.4 cm³/mol. The SMILES string of the molecule is CCC(C)C(NCC(O)c1cccc(OC)c1)C(N)=O. The van der Waals surface area contributed by atoms with E-state index in [4.69, 9.17) is 10.5 Å². The van der Waals surface area contributed by atoms with Gasteiger partial charge in [-0.2, -0.15) is 0 Å². The highest BCUT2D eigenvalue weighted by Gasteiger charge is 2.22. The van der Waals surface area contributed by atoms with Crippen LogP contribution in [0.15, 0.2) is 24.3 Å². The van der Waals surface area contributed by atoms with E-state index in [0.717, 1.165) is 12.0 Å². The van der Waals surface area contributed by atoms with Gasteiger partial charge in [0.1, 0.15) is 5.75 Å². The van der Waals surface area contributed by atoms with Gasteiger partial charge >= 0.3 is 0 Å². The minimum atomic E-state index is -0.712. The normalized spacial score (nSPS) is 15.4. The number of nitrogens with one attached hydrogen (secondary N) is 1. The van der Waals surface area contributed by atoms with Crippen LogP contribution < -0.4 is 15.8 Å². The van der Waals surface area contributed by atoms with Crippen LogP contribution in [0.4, 0.5) is 0 Å². The second-order valence-corrected chi connectivity index (χ2v) is 4.97. The van der Waals surface area contributed by atoms with Crippen molar-refractivity contribution < 1.29 is 14.6 Å². The first kappa shape index (κ1) is 16.5. The maximum absolute atomic E-state index is 11.4. The molecule has 4 N–H and O–H groups in total. The second kappa shape index (κ2) is 7.87. The zero-order valence-electron chi connectivity index (χ0n) is 12.3. The summed E-state index contributed by atoms with van der Waals surface area (Å²) in [7, 11) is 1.58. The third kappa shape index (κ3) is 4.51. The molecule has 112 valence electrons. The zero-order chi connectivity index (χ0) is 15.1. The number of rotatable bonds is 8. The molecule has 20 heavy (non-hydrogen) atoms. The summed E-state index contributed by atoms with van der Waals surface area (Å²) in [4.78, 5) is 11.4. The largest absolute Gasteiger partial charge is 0.497 e. The number of benzene rings is 1. The number of aliphatic hydroxyl groups excluding tert-OH is 1. The van der Waals surface area contributed by atoms with Crippen molar-refractivity contribution in [2.24, 2.45) is 11.7 Å². The monoisotopic (exact) mass is 280 g/mol. The van der Waals surface area contributed by atoms with Gasteiger partial charge < -0.3 is 20.9 Å². The molecule has 0 saturated heterocycles. The second-order valence-electron chi connectivity index (χ2n) is 4.97. The van der Waals surface area contributed by atoms with Crippen molar-refractivity contribution >= 4 is 5.91 Å². The molecule has 1 aromatic carbocycles. The lowest BCUT2D eigenvalue weighted by molar-refractivity contribution is -0.121. The molecule has 0 aliphatic rings. The third-order valence-corrected chi connectivity index (χ3v) is 3.53. The van der Waals surface area contributed by atoms with Gasteiger partial charge in [-0.25, -0.2) is 0 Å². The van der Waals surface area contributed by atoms with Crippen molar-refractivity contribution in [2.45, 2.75) is 32.4 Å². The van der Waals surface area contributed by atoms with Crippen LogP contribution in [0, 0.1) is 5.92 Å². The first-order valence-electron chi connectivity index (χ1n) is 6.84. The fourth-order valence-corrected chi connectivity index (χ4v) is 2.02. The number of carbonyl (C=O) groups is 1. The standard InChI is InChI=1S/C15H24N2O3/c1-4-10(2)14(15(16)19)17-9-13(18)11-6-5-7-12(8-11)20-3/h5-8,10,13-14,17-18H,4,9H2,1-3H3,(H2,16,19). The molecule has 0 heterocycles. The number of amides is 1. The van der Waals surface area contributed by atoms with Crippen LogP contribution in [0.25, 0.3) is 0 Å². The van der Waals surface area contributed by atoms with Gasteiger partial charge in [-0.05, 0) is 23.6 Å².